The highest BCUT2D eigenvalue weighted by Crippen LogP contribution is 2.32. The summed E-state index contributed by atoms with van der Waals surface area (Å²) in [4.78, 5) is 25.7. The lowest BCUT2D eigenvalue weighted by Gasteiger charge is -2.36. The summed E-state index contributed by atoms with van der Waals surface area (Å²) in [6, 6.07) is 8.60. The van der Waals surface area contributed by atoms with Crippen molar-refractivity contribution in [3.05, 3.63) is 48.2 Å². The summed E-state index contributed by atoms with van der Waals surface area (Å²) < 4.78 is 4.61. The van der Waals surface area contributed by atoms with Crippen LogP contribution in [-0.2, 0) is 27.3 Å². The topological polar surface area (TPSA) is 84.7 Å². The molecule has 0 spiro atoms. The van der Waals surface area contributed by atoms with E-state index in [1.165, 1.54) is 24.4 Å². The van der Waals surface area contributed by atoms with Crippen LogP contribution in [-0.4, -0.2) is 65.5 Å². The second kappa shape index (κ2) is 26.9. The van der Waals surface area contributed by atoms with Gasteiger partial charge in [-0.15, -0.1) is 0 Å². The van der Waals surface area contributed by atoms with Gasteiger partial charge in [-0.1, -0.05) is 86.2 Å². The molecular formula is C34H65N3O3S2. The maximum absolute atomic E-state index is 12.6. The fourth-order valence-electron chi connectivity index (χ4n) is 3.75. The van der Waals surface area contributed by atoms with Crippen LogP contribution in [0.2, 0.25) is 0 Å². The molecule has 1 aliphatic heterocycles. The molecular weight excluding hydrogens is 563 g/mol. The molecule has 0 bridgehead atoms. The molecule has 1 aromatic rings. The molecule has 1 aromatic carbocycles. The number of esters is 1. The van der Waals surface area contributed by atoms with Gasteiger partial charge in [-0.3, -0.25) is 4.79 Å². The van der Waals surface area contributed by atoms with Gasteiger partial charge in [0.05, 0.1) is 7.11 Å². The molecule has 2 rings (SSSR count). The summed E-state index contributed by atoms with van der Waals surface area (Å²) in [6.07, 6.45) is 8.52. The Morgan fingerprint density at radius 3 is 2.07 bits per heavy atom. The van der Waals surface area contributed by atoms with Crippen LogP contribution in [0.4, 0.5) is 0 Å². The Bertz CT molecular complexity index is 834. The fraction of sp³-hybridized carbons (Fsp3) is 0.706. The molecule has 1 aliphatic rings. The van der Waals surface area contributed by atoms with Crippen molar-refractivity contribution in [3.8, 4) is 0 Å². The lowest BCUT2D eigenvalue weighted by molar-refractivity contribution is -0.143. The zero-order valence-electron chi connectivity index (χ0n) is 29.2. The molecule has 42 heavy (non-hydrogen) atoms. The van der Waals surface area contributed by atoms with Crippen LogP contribution in [0.25, 0.3) is 0 Å². The second-order valence-corrected chi connectivity index (χ2v) is 12.9. The number of ether oxygens (including phenoxy) is 1. The van der Waals surface area contributed by atoms with Crippen molar-refractivity contribution in [3.63, 3.8) is 0 Å². The van der Waals surface area contributed by atoms with E-state index in [-0.39, 0.29) is 28.6 Å². The molecule has 3 N–H and O–H groups in total. The minimum atomic E-state index is -0.257. The van der Waals surface area contributed by atoms with Crippen LogP contribution >= 0.6 is 23.5 Å². The van der Waals surface area contributed by atoms with Gasteiger partial charge >= 0.3 is 5.97 Å². The third-order valence-corrected chi connectivity index (χ3v) is 8.97. The predicted octanol–water partition coefficient (Wildman–Crippen LogP) is 7.80. The minimum Gasteiger partial charge on any atom is -0.467 e. The minimum absolute atomic E-state index is 0.00590. The van der Waals surface area contributed by atoms with E-state index in [1.54, 1.807) is 11.8 Å². The normalized spacial score (nSPS) is 13.8. The molecule has 3 atom stereocenters. The highest BCUT2D eigenvalue weighted by molar-refractivity contribution is 8.00. The lowest BCUT2D eigenvalue weighted by Crippen LogP contribution is -2.44. The highest BCUT2D eigenvalue weighted by Gasteiger charge is 2.34. The Balaban J connectivity index is -0.000000568. The van der Waals surface area contributed by atoms with Crippen LogP contribution < -0.4 is 11.1 Å². The van der Waals surface area contributed by atoms with Crippen LogP contribution in [0.1, 0.15) is 93.2 Å². The van der Waals surface area contributed by atoms with E-state index in [9.17, 15) is 9.59 Å². The number of benzene rings is 1. The largest absolute Gasteiger partial charge is 0.467 e. The molecule has 6 nitrogen and oxygen atoms in total. The number of fused-ring (bicyclic) bond motifs is 1. The Hall–Kier alpha value is -1.64. The summed E-state index contributed by atoms with van der Waals surface area (Å²) in [5.74, 6) is 1.66. The number of nitrogens with two attached hydrogens (primary N) is 1. The molecule has 0 saturated carbocycles. The number of thioether (sulfide) groups is 2. The van der Waals surface area contributed by atoms with E-state index in [0.29, 0.717) is 12.0 Å². The maximum atomic E-state index is 12.6. The van der Waals surface area contributed by atoms with Crippen molar-refractivity contribution >= 4 is 35.4 Å². The van der Waals surface area contributed by atoms with Crippen LogP contribution in [0.5, 0.6) is 0 Å². The average Bonchev–Trinajstić information content (AvgIpc) is 3.01. The van der Waals surface area contributed by atoms with Gasteiger partial charge in [-0.25, -0.2) is 4.79 Å². The van der Waals surface area contributed by atoms with Gasteiger partial charge in [0.2, 0.25) is 5.91 Å². The SMILES string of the molecule is C=CN[C@@H](CC(C)C)C(=O)OC.CC.CC.CC[C@@H](N)CSC.CSC(C)(C)[C@H](C)C(=O)N1CCc2ccccc2C1. The van der Waals surface area contributed by atoms with E-state index >= 15 is 0 Å². The Labute approximate surface area is 268 Å². The second-order valence-electron chi connectivity index (χ2n) is 10.5. The van der Waals surface area contributed by atoms with Crippen LogP contribution in [0, 0.1) is 11.8 Å². The Morgan fingerprint density at radius 1 is 1.12 bits per heavy atom. The summed E-state index contributed by atoms with van der Waals surface area (Å²) in [5.41, 5.74) is 8.26. The molecule has 8 heteroatoms. The summed E-state index contributed by atoms with van der Waals surface area (Å²) in [5, 5.41) is 2.85. The van der Waals surface area contributed by atoms with E-state index in [0.717, 1.165) is 38.1 Å². The molecule has 1 heterocycles. The fourth-order valence-corrected chi connectivity index (χ4v) is 4.87. The molecule has 0 fully saturated rings. The van der Waals surface area contributed by atoms with Gasteiger partial charge in [0.25, 0.3) is 0 Å². The molecule has 0 aromatic heterocycles. The Morgan fingerprint density at radius 2 is 1.67 bits per heavy atom. The number of hydrogen-bond donors (Lipinski definition) is 2. The van der Waals surface area contributed by atoms with E-state index < -0.39 is 0 Å². The van der Waals surface area contributed by atoms with Crippen LogP contribution in [0.15, 0.2) is 37.0 Å². The van der Waals surface area contributed by atoms with Crippen molar-refractivity contribution in [2.24, 2.45) is 17.6 Å². The molecule has 0 unspecified atom stereocenters. The first kappa shape index (κ1) is 44.8. The monoisotopic (exact) mass is 627 g/mol. The van der Waals surface area contributed by atoms with Crippen molar-refractivity contribution in [2.45, 2.75) is 112 Å². The van der Waals surface area contributed by atoms with Crippen molar-refractivity contribution in [1.82, 2.24) is 10.2 Å². The third kappa shape index (κ3) is 18.8. The maximum Gasteiger partial charge on any atom is 0.328 e. The number of nitrogens with one attached hydrogen (secondary N) is 1. The van der Waals surface area contributed by atoms with E-state index in [2.05, 4.69) is 95.0 Å². The average molecular weight is 628 g/mol. The van der Waals surface area contributed by atoms with Crippen LogP contribution in [0.3, 0.4) is 0 Å². The predicted molar refractivity (Wildman–Crippen MR) is 190 cm³/mol. The number of methoxy groups -OCH3 is 1. The molecule has 0 radical (unpaired) electrons. The number of amides is 1. The quantitative estimate of drug-likeness (QED) is 0.242. The molecule has 246 valence electrons. The van der Waals surface area contributed by atoms with Gasteiger partial charge in [-0.2, -0.15) is 23.5 Å². The van der Waals surface area contributed by atoms with Gasteiger partial charge in [0.15, 0.2) is 0 Å². The van der Waals surface area contributed by atoms with Gasteiger partial charge in [0.1, 0.15) is 6.04 Å². The highest BCUT2D eigenvalue weighted by atomic mass is 32.2. The third-order valence-electron chi connectivity index (χ3n) is 6.80. The number of hydrogen-bond acceptors (Lipinski definition) is 7. The number of nitrogens with zero attached hydrogens (tertiary/aromatic N) is 1. The smallest absolute Gasteiger partial charge is 0.328 e. The van der Waals surface area contributed by atoms with E-state index in [4.69, 9.17) is 5.73 Å². The van der Waals surface area contributed by atoms with E-state index in [1.807, 2.05) is 44.4 Å². The number of carbonyl (C=O) groups is 2. The standard InChI is InChI=1S/C16H23NOS.C9H17NO2.C5H13NS.2C2H6/c1-12(16(2,3)19-4)15(18)17-10-9-13-7-5-6-8-14(13)11-17;1-5-10-8(6-7(2)3)9(11)12-4;1-3-5(6)4-7-2;2*1-2/h5-8,12H,9-11H2,1-4H3;5,7-8,10H,1,6H2,2-4H3;5H,3-4,6H2,1-2H3;2*1-2H3/t12-;8-;5-;;/m101../s1. The number of carbonyl (C=O) groups excluding carboxylic acids is 2. The lowest BCUT2D eigenvalue weighted by atomic mass is 9.93. The Kier molecular flexibility index (Phi) is 28.7. The van der Waals surface area contributed by atoms with Crippen molar-refractivity contribution in [1.29, 1.82) is 0 Å². The molecule has 0 saturated heterocycles. The first-order chi connectivity index (χ1) is 19.9. The first-order valence-corrected chi connectivity index (χ1v) is 18.1. The molecule has 0 aliphatic carbocycles. The van der Waals surface area contributed by atoms with Crippen molar-refractivity contribution in [2.75, 3.05) is 31.9 Å². The molecule has 1 amide bonds. The van der Waals surface area contributed by atoms with Crippen molar-refractivity contribution < 1.29 is 14.3 Å². The number of rotatable bonds is 11. The summed E-state index contributed by atoms with van der Waals surface area (Å²) in [7, 11) is 1.39. The first-order valence-electron chi connectivity index (χ1n) is 15.5. The van der Waals surface area contributed by atoms with Gasteiger partial charge in [0, 0.05) is 35.5 Å². The van der Waals surface area contributed by atoms with Gasteiger partial charge < -0.3 is 20.7 Å². The summed E-state index contributed by atoms with van der Waals surface area (Å²) >= 11 is 3.57. The van der Waals surface area contributed by atoms with Gasteiger partial charge in [-0.05, 0) is 68.9 Å². The zero-order chi connectivity index (χ0) is 33.3. The zero-order valence-corrected chi connectivity index (χ0v) is 30.8. The summed E-state index contributed by atoms with van der Waals surface area (Å²) in [6.45, 7) is 25.7.